The molecule has 246 valence electrons. The minimum atomic E-state index is -0.461. The van der Waals surface area contributed by atoms with Gasteiger partial charge in [0.1, 0.15) is 29.0 Å². The van der Waals surface area contributed by atoms with Crippen molar-refractivity contribution in [2.45, 2.75) is 33.7 Å². The van der Waals surface area contributed by atoms with E-state index in [9.17, 15) is 24.0 Å². The number of hydrogen-bond acceptors (Lipinski definition) is 8. The van der Waals surface area contributed by atoms with E-state index in [0.29, 0.717) is 73.2 Å². The summed E-state index contributed by atoms with van der Waals surface area (Å²) in [6.07, 6.45) is 2.33. The first-order valence-electron chi connectivity index (χ1n) is 15.6. The number of nitriles is 1. The maximum Gasteiger partial charge on any atom is 0.296 e. The lowest BCUT2D eigenvalue weighted by atomic mass is 10.0. The number of rotatable bonds is 7. The van der Waals surface area contributed by atoms with Crippen LogP contribution in [0.3, 0.4) is 0 Å². The van der Waals surface area contributed by atoms with E-state index in [-0.39, 0.29) is 31.9 Å². The molecule has 2 aliphatic rings. The molecule has 0 saturated carbocycles. The Morgan fingerprint density at radius 2 is 1.60 bits per heavy atom. The van der Waals surface area contributed by atoms with E-state index in [0.717, 1.165) is 11.8 Å². The predicted molar refractivity (Wildman–Crippen MR) is 193 cm³/mol. The summed E-state index contributed by atoms with van der Waals surface area (Å²) in [5, 5.41) is 10.1. The van der Waals surface area contributed by atoms with Crippen LogP contribution in [0.5, 0.6) is 0 Å². The average molecular weight is 684 g/mol. The van der Waals surface area contributed by atoms with E-state index in [1.807, 2.05) is 42.2 Å². The minimum absolute atomic E-state index is 0.00331. The number of thioether (sulfide) groups is 1. The lowest BCUT2D eigenvalue weighted by Gasteiger charge is -2.39. The summed E-state index contributed by atoms with van der Waals surface area (Å²) in [7, 11) is 1.75. The van der Waals surface area contributed by atoms with Gasteiger partial charge >= 0.3 is 0 Å². The number of piperazine rings is 1. The van der Waals surface area contributed by atoms with E-state index in [1.165, 1.54) is 15.6 Å². The van der Waals surface area contributed by atoms with Gasteiger partial charge in [0.15, 0.2) is 4.32 Å². The Bertz CT molecular complexity index is 2140. The SMILES string of the molecule is CCCn1c(N2CCN(c3ccccc3F)CC2)c(C=C2SC(=S)N(c3c(C)n(C)n(-c4ccccc4)c3=O)C2=O)c(C)c(C#N)c1=O. The summed E-state index contributed by atoms with van der Waals surface area (Å²) >= 11 is 6.77. The summed E-state index contributed by atoms with van der Waals surface area (Å²) in [5.74, 6) is -0.161. The molecule has 4 heterocycles. The van der Waals surface area contributed by atoms with Gasteiger partial charge in [-0.3, -0.25) is 28.5 Å². The van der Waals surface area contributed by atoms with E-state index in [1.54, 1.807) is 54.4 Å². The van der Waals surface area contributed by atoms with Gasteiger partial charge in [-0.1, -0.05) is 61.2 Å². The largest absolute Gasteiger partial charge is 0.366 e. The summed E-state index contributed by atoms with van der Waals surface area (Å²) in [6.45, 7) is 7.75. The number of carbonyl (C=O) groups is 1. The highest BCUT2D eigenvalue weighted by Gasteiger charge is 2.38. The van der Waals surface area contributed by atoms with Crippen molar-refractivity contribution < 1.29 is 9.18 Å². The zero-order valence-corrected chi connectivity index (χ0v) is 28.7. The van der Waals surface area contributed by atoms with Crippen LogP contribution in [0.25, 0.3) is 11.8 Å². The fourth-order valence-electron chi connectivity index (χ4n) is 6.39. The number of anilines is 3. The zero-order valence-electron chi connectivity index (χ0n) is 27.1. The molecule has 2 aromatic heterocycles. The molecule has 2 fully saturated rings. The standard InChI is InChI=1S/C35H34FN7O3S2/c1-5-15-41-31(40-18-16-39(17-19-40)28-14-10-9-13-27(28)36)25(22(2)26(21-37)32(41)44)20-29-33(45)42(35(47)48-29)30-23(3)38(4)43(34(30)46)24-11-7-6-8-12-24/h6-14,20H,5,15-19H2,1-4H3. The molecule has 2 aromatic carbocycles. The van der Waals surface area contributed by atoms with Gasteiger partial charge < -0.3 is 9.80 Å². The molecule has 13 heteroatoms. The molecule has 2 saturated heterocycles. The highest BCUT2D eigenvalue weighted by atomic mass is 32.2. The lowest BCUT2D eigenvalue weighted by molar-refractivity contribution is -0.113. The summed E-state index contributed by atoms with van der Waals surface area (Å²) < 4.78 is 19.6. The molecule has 6 rings (SSSR count). The van der Waals surface area contributed by atoms with Crippen LogP contribution in [0, 0.1) is 31.0 Å². The number of thiocarbonyl (C=S) groups is 1. The van der Waals surface area contributed by atoms with E-state index >= 15 is 0 Å². The number of pyridine rings is 1. The average Bonchev–Trinajstić information content (AvgIpc) is 3.48. The van der Waals surface area contributed by atoms with Crippen molar-refractivity contribution in [2.24, 2.45) is 7.05 Å². The van der Waals surface area contributed by atoms with Gasteiger partial charge in [0.2, 0.25) is 0 Å². The molecule has 0 radical (unpaired) electrons. The molecule has 4 aromatic rings. The molecule has 0 aliphatic carbocycles. The molecule has 1 amide bonds. The number of carbonyl (C=O) groups excluding carboxylic acids is 1. The molecule has 0 unspecified atom stereocenters. The Kier molecular flexibility index (Phi) is 9.13. The number of aromatic nitrogens is 3. The summed E-state index contributed by atoms with van der Waals surface area (Å²) in [4.78, 5) is 47.2. The fraction of sp³-hybridized carbons (Fsp3) is 0.286. The van der Waals surface area contributed by atoms with Crippen LogP contribution in [0.15, 0.2) is 69.1 Å². The third kappa shape index (κ3) is 5.54. The first-order chi connectivity index (χ1) is 23.1. The Balaban J connectivity index is 1.43. The van der Waals surface area contributed by atoms with Gasteiger partial charge in [-0.2, -0.15) is 5.26 Å². The van der Waals surface area contributed by atoms with Crippen molar-refractivity contribution in [1.82, 2.24) is 13.9 Å². The third-order valence-electron chi connectivity index (χ3n) is 8.88. The van der Waals surface area contributed by atoms with Crippen LogP contribution in [0.4, 0.5) is 21.6 Å². The number of halogens is 1. The summed E-state index contributed by atoms with van der Waals surface area (Å²) in [5.41, 5.74) is 2.14. The Morgan fingerprint density at radius 3 is 2.25 bits per heavy atom. The van der Waals surface area contributed by atoms with Crippen molar-refractivity contribution in [2.75, 3.05) is 40.9 Å². The first-order valence-corrected chi connectivity index (χ1v) is 16.8. The molecule has 10 nitrogen and oxygen atoms in total. The number of para-hydroxylation sites is 2. The second-order valence-electron chi connectivity index (χ2n) is 11.7. The number of hydrogen-bond donors (Lipinski definition) is 0. The zero-order chi connectivity index (χ0) is 34.3. The van der Waals surface area contributed by atoms with E-state index in [2.05, 4.69) is 11.0 Å². The molecular weight excluding hydrogens is 650 g/mol. The second kappa shape index (κ2) is 13.3. The number of benzene rings is 2. The van der Waals surface area contributed by atoms with Crippen LogP contribution >= 0.6 is 24.0 Å². The maximum absolute atomic E-state index is 14.6. The van der Waals surface area contributed by atoms with Crippen LogP contribution in [-0.4, -0.2) is 50.3 Å². The topological polar surface area (TPSA) is 99.5 Å². The van der Waals surface area contributed by atoms with Crippen LogP contribution in [0.2, 0.25) is 0 Å². The van der Waals surface area contributed by atoms with Crippen LogP contribution < -0.4 is 25.8 Å². The Labute approximate surface area is 286 Å². The Hall–Kier alpha value is -4.93. The molecular formula is C35H34FN7O3S2. The van der Waals surface area contributed by atoms with Gasteiger partial charge in [0.05, 0.1) is 22.0 Å². The molecule has 0 N–H and O–H groups in total. The normalized spacial score (nSPS) is 15.9. The van der Waals surface area contributed by atoms with Crippen molar-refractivity contribution >= 4 is 57.5 Å². The quantitative estimate of drug-likeness (QED) is 0.196. The van der Waals surface area contributed by atoms with Crippen LogP contribution in [0.1, 0.15) is 35.7 Å². The molecule has 0 bridgehead atoms. The Morgan fingerprint density at radius 1 is 0.958 bits per heavy atom. The van der Waals surface area contributed by atoms with Crippen molar-refractivity contribution in [3.63, 3.8) is 0 Å². The predicted octanol–water partition coefficient (Wildman–Crippen LogP) is 5.11. The number of nitrogens with zero attached hydrogens (tertiary/aromatic N) is 7. The third-order valence-corrected chi connectivity index (χ3v) is 10.2. The van der Waals surface area contributed by atoms with Gasteiger partial charge in [-0.15, -0.1) is 0 Å². The lowest BCUT2D eigenvalue weighted by Crippen LogP contribution is -2.49. The monoisotopic (exact) mass is 683 g/mol. The van der Waals surface area contributed by atoms with Crippen LogP contribution in [-0.2, 0) is 18.4 Å². The van der Waals surface area contributed by atoms with Gasteiger partial charge in [-0.25, -0.2) is 9.07 Å². The fourth-order valence-corrected chi connectivity index (χ4v) is 7.64. The highest BCUT2D eigenvalue weighted by Crippen LogP contribution is 2.39. The molecule has 48 heavy (non-hydrogen) atoms. The van der Waals surface area contributed by atoms with Crippen molar-refractivity contribution in [3.8, 4) is 11.8 Å². The first kappa shape index (κ1) is 33.0. The summed E-state index contributed by atoms with van der Waals surface area (Å²) in [6, 6.07) is 17.9. The van der Waals surface area contributed by atoms with Gasteiger partial charge in [0.25, 0.3) is 17.0 Å². The minimum Gasteiger partial charge on any atom is -0.366 e. The molecule has 2 aliphatic heterocycles. The smallest absolute Gasteiger partial charge is 0.296 e. The highest BCUT2D eigenvalue weighted by molar-refractivity contribution is 8.27. The van der Waals surface area contributed by atoms with Gasteiger partial charge in [0, 0.05) is 45.3 Å². The second-order valence-corrected chi connectivity index (χ2v) is 13.3. The van der Waals surface area contributed by atoms with E-state index in [4.69, 9.17) is 12.2 Å². The van der Waals surface area contributed by atoms with Gasteiger partial charge in [-0.05, 0) is 56.2 Å². The van der Waals surface area contributed by atoms with Crippen molar-refractivity contribution in [3.05, 3.63) is 108 Å². The number of amides is 1. The molecule has 0 atom stereocenters. The maximum atomic E-state index is 14.6. The van der Waals surface area contributed by atoms with Crippen molar-refractivity contribution in [1.29, 1.82) is 5.26 Å². The molecule has 0 spiro atoms. The van der Waals surface area contributed by atoms with E-state index < -0.39 is 11.5 Å².